The monoisotopic (exact) mass is 512 g/mol. The van der Waals surface area contributed by atoms with Gasteiger partial charge in [0.25, 0.3) is 0 Å². The Kier molecular flexibility index (Phi) is 5.85. The van der Waals surface area contributed by atoms with Crippen LogP contribution in [0.2, 0.25) is 0 Å². The molecule has 1 amide bonds. The van der Waals surface area contributed by atoms with Gasteiger partial charge in [0, 0.05) is 22.0 Å². The number of nitrogens with zero attached hydrogens (tertiary/aromatic N) is 4. The van der Waals surface area contributed by atoms with Gasteiger partial charge in [-0.25, -0.2) is 9.97 Å². The SMILES string of the molecule is COc1ccc(-c2nc3c4cccc(Br)c4nc([C@](C)(N)C(=O)NCC(C)(C)O)n3n2)cc1. The molecule has 2 aromatic heterocycles. The first-order valence-electron chi connectivity index (χ1n) is 10.3. The molecule has 4 aromatic rings. The molecular formula is C23H25BrN6O3. The van der Waals surface area contributed by atoms with E-state index in [1.54, 1.807) is 27.9 Å². The molecule has 33 heavy (non-hydrogen) atoms. The van der Waals surface area contributed by atoms with Crippen molar-refractivity contribution in [3.8, 4) is 17.1 Å². The summed E-state index contributed by atoms with van der Waals surface area (Å²) in [5.74, 6) is 0.905. The number of para-hydroxylation sites is 1. The highest BCUT2D eigenvalue weighted by Gasteiger charge is 2.37. The van der Waals surface area contributed by atoms with Crippen LogP contribution in [0.25, 0.3) is 27.9 Å². The number of fused-ring (bicyclic) bond motifs is 3. The summed E-state index contributed by atoms with van der Waals surface area (Å²) in [5.41, 5.74) is 5.79. The van der Waals surface area contributed by atoms with Crippen molar-refractivity contribution in [3.05, 3.63) is 52.8 Å². The lowest BCUT2D eigenvalue weighted by Gasteiger charge is -2.26. The zero-order chi connectivity index (χ0) is 24.0. The lowest BCUT2D eigenvalue weighted by molar-refractivity contribution is -0.127. The van der Waals surface area contributed by atoms with E-state index in [4.69, 9.17) is 20.4 Å². The molecule has 0 saturated carbocycles. The van der Waals surface area contributed by atoms with Crippen LogP contribution in [-0.2, 0) is 10.3 Å². The number of nitrogens with one attached hydrogen (secondary N) is 1. The molecule has 9 nitrogen and oxygen atoms in total. The van der Waals surface area contributed by atoms with Crippen molar-refractivity contribution < 1.29 is 14.6 Å². The minimum Gasteiger partial charge on any atom is -0.497 e. The Hall–Kier alpha value is -3.08. The summed E-state index contributed by atoms with van der Waals surface area (Å²) in [6.07, 6.45) is 0. The first-order valence-corrected chi connectivity index (χ1v) is 11.1. The Bertz CT molecular complexity index is 1340. The van der Waals surface area contributed by atoms with E-state index in [1.807, 2.05) is 42.5 Å². The fraction of sp³-hybridized carbons (Fsp3) is 0.304. The number of methoxy groups -OCH3 is 1. The van der Waals surface area contributed by atoms with Crippen molar-refractivity contribution in [1.82, 2.24) is 24.9 Å². The Morgan fingerprint density at radius 2 is 1.88 bits per heavy atom. The maximum Gasteiger partial charge on any atom is 0.247 e. The lowest BCUT2D eigenvalue weighted by atomic mass is 10.00. The van der Waals surface area contributed by atoms with E-state index in [-0.39, 0.29) is 12.4 Å². The summed E-state index contributed by atoms with van der Waals surface area (Å²) in [5, 5.41) is 18.1. The van der Waals surface area contributed by atoms with Gasteiger partial charge in [0.1, 0.15) is 5.75 Å². The molecule has 1 atom stereocenters. The average Bonchev–Trinajstić information content (AvgIpc) is 3.22. The summed E-state index contributed by atoms with van der Waals surface area (Å²) < 4.78 is 7.48. The number of benzene rings is 2. The van der Waals surface area contributed by atoms with Crippen LogP contribution >= 0.6 is 15.9 Å². The molecule has 172 valence electrons. The third-order valence-corrected chi connectivity index (χ3v) is 5.86. The van der Waals surface area contributed by atoms with Gasteiger partial charge in [-0.1, -0.05) is 6.07 Å². The van der Waals surface area contributed by atoms with Crippen LogP contribution in [0.3, 0.4) is 0 Å². The highest BCUT2D eigenvalue weighted by molar-refractivity contribution is 9.10. The molecule has 0 radical (unpaired) electrons. The number of aromatic nitrogens is 4. The van der Waals surface area contributed by atoms with Crippen LogP contribution in [0.15, 0.2) is 46.9 Å². The van der Waals surface area contributed by atoms with E-state index >= 15 is 0 Å². The number of hydrogen-bond acceptors (Lipinski definition) is 7. The summed E-state index contributed by atoms with van der Waals surface area (Å²) in [6.45, 7) is 4.80. The summed E-state index contributed by atoms with van der Waals surface area (Å²) in [6, 6.07) is 13.0. The minimum atomic E-state index is -1.56. The third-order valence-electron chi connectivity index (χ3n) is 5.22. The summed E-state index contributed by atoms with van der Waals surface area (Å²) in [4.78, 5) is 22.5. The van der Waals surface area contributed by atoms with Crippen molar-refractivity contribution in [2.75, 3.05) is 13.7 Å². The number of ether oxygens (including phenoxy) is 1. The van der Waals surface area contributed by atoms with Gasteiger partial charge >= 0.3 is 0 Å². The van der Waals surface area contributed by atoms with Crippen LogP contribution in [0.4, 0.5) is 0 Å². The van der Waals surface area contributed by atoms with Gasteiger partial charge in [-0.05, 0) is 73.1 Å². The van der Waals surface area contributed by atoms with Gasteiger partial charge in [0.05, 0.1) is 18.2 Å². The van der Waals surface area contributed by atoms with Crippen molar-refractivity contribution in [2.45, 2.75) is 31.9 Å². The van der Waals surface area contributed by atoms with Crippen LogP contribution in [-0.4, -0.2) is 49.9 Å². The van der Waals surface area contributed by atoms with Crippen molar-refractivity contribution in [2.24, 2.45) is 5.73 Å². The Morgan fingerprint density at radius 3 is 2.52 bits per heavy atom. The number of aliphatic hydroxyl groups is 1. The van der Waals surface area contributed by atoms with Crippen LogP contribution in [0.5, 0.6) is 5.75 Å². The third kappa shape index (κ3) is 4.41. The van der Waals surface area contributed by atoms with E-state index in [9.17, 15) is 9.90 Å². The first kappa shape index (κ1) is 23.1. The highest BCUT2D eigenvalue weighted by atomic mass is 79.9. The van der Waals surface area contributed by atoms with Gasteiger partial charge in [-0.2, -0.15) is 4.52 Å². The maximum atomic E-state index is 13.0. The van der Waals surface area contributed by atoms with Gasteiger partial charge in [0.15, 0.2) is 22.8 Å². The molecule has 0 fully saturated rings. The van der Waals surface area contributed by atoms with Crippen molar-refractivity contribution in [1.29, 1.82) is 0 Å². The van der Waals surface area contributed by atoms with Gasteiger partial charge < -0.3 is 20.9 Å². The highest BCUT2D eigenvalue weighted by Crippen LogP contribution is 2.30. The number of hydrogen-bond donors (Lipinski definition) is 3. The molecule has 0 saturated heterocycles. The van der Waals surface area contributed by atoms with Crippen LogP contribution < -0.4 is 15.8 Å². The largest absolute Gasteiger partial charge is 0.497 e. The van der Waals surface area contributed by atoms with Gasteiger partial charge in [0.2, 0.25) is 5.91 Å². The number of halogens is 1. The van der Waals surface area contributed by atoms with E-state index in [2.05, 4.69) is 26.3 Å². The second kappa shape index (κ2) is 8.36. The number of nitrogens with two attached hydrogens (primary N) is 1. The van der Waals surface area contributed by atoms with Crippen LogP contribution in [0.1, 0.15) is 26.6 Å². The van der Waals surface area contributed by atoms with E-state index in [0.717, 1.165) is 21.2 Å². The number of rotatable bonds is 6. The van der Waals surface area contributed by atoms with E-state index in [0.29, 0.717) is 17.0 Å². The molecule has 0 aliphatic carbocycles. The molecule has 4 N–H and O–H groups in total. The molecule has 2 heterocycles. The summed E-state index contributed by atoms with van der Waals surface area (Å²) >= 11 is 3.54. The second-order valence-electron chi connectivity index (χ2n) is 8.67. The smallest absolute Gasteiger partial charge is 0.247 e. The first-order chi connectivity index (χ1) is 15.5. The number of carbonyl (C=O) groups excluding carboxylic acids is 1. The van der Waals surface area contributed by atoms with Gasteiger partial charge in [-0.15, -0.1) is 5.10 Å². The maximum absolute atomic E-state index is 13.0. The Morgan fingerprint density at radius 1 is 1.18 bits per heavy atom. The topological polar surface area (TPSA) is 128 Å². The molecule has 0 aliphatic rings. The molecule has 0 spiro atoms. The zero-order valence-electron chi connectivity index (χ0n) is 18.8. The number of amides is 1. The molecule has 0 bridgehead atoms. The molecule has 0 aliphatic heterocycles. The van der Waals surface area contributed by atoms with E-state index in [1.165, 1.54) is 4.52 Å². The van der Waals surface area contributed by atoms with Crippen LogP contribution in [0, 0.1) is 0 Å². The average molecular weight is 513 g/mol. The Labute approximate surface area is 199 Å². The molecule has 10 heteroatoms. The minimum absolute atomic E-state index is 0.0352. The fourth-order valence-electron chi connectivity index (χ4n) is 3.38. The quantitative estimate of drug-likeness (QED) is 0.362. The lowest BCUT2D eigenvalue weighted by Crippen LogP contribution is -2.53. The zero-order valence-corrected chi connectivity index (χ0v) is 20.3. The molecule has 2 aromatic carbocycles. The fourth-order valence-corrected chi connectivity index (χ4v) is 3.83. The standard InChI is InChI=1S/C23H25BrN6O3/c1-22(2,32)12-26-21(31)23(3,25)20-27-17-15(6-5-7-16(17)24)19-28-18(29-30(19)20)13-8-10-14(33-4)11-9-13/h5-11,32H,12,25H2,1-4H3,(H,26,31)/t23-/m0/s1. The normalized spacial score (nSPS) is 13.8. The second-order valence-corrected chi connectivity index (χ2v) is 9.52. The predicted molar refractivity (Wildman–Crippen MR) is 129 cm³/mol. The van der Waals surface area contributed by atoms with Gasteiger partial charge in [-0.3, -0.25) is 4.79 Å². The molecular weight excluding hydrogens is 488 g/mol. The Balaban J connectivity index is 1.91. The van der Waals surface area contributed by atoms with Crippen molar-refractivity contribution in [3.63, 3.8) is 0 Å². The number of carbonyl (C=O) groups is 1. The summed E-state index contributed by atoms with van der Waals surface area (Å²) in [7, 11) is 1.60. The van der Waals surface area contributed by atoms with E-state index < -0.39 is 17.0 Å². The molecule has 0 unspecified atom stereocenters. The molecule has 4 rings (SSSR count). The van der Waals surface area contributed by atoms with Crippen molar-refractivity contribution >= 4 is 38.4 Å². The predicted octanol–water partition coefficient (Wildman–Crippen LogP) is 2.78.